The van der Waals surface area contributed by atoms with E-state index in [4.69, 9.17) is 18.9 Å². The van der Waals surface area contributed by atoms with Crippen LogP contribution in [0.1, 0.15) is 102 Å². The minimum Gasteiger partial charge on any atom is -0.463 e. The van der Waals surface area contributed by atoms with Crippen LogP contribution in [0.4, 0.5) is 0 Å². The molecule has 9 nitrogen and oxygen atoms in total. The summed E-state index contributed by atoms with van der Waals surface area (Å²) in [6, 6.07) is 0. The monoisotopic (exact) mass is 546 g/mol. The van der Waals surface area contributed by atoms with Crippen LogP contribution in [0.5, 0.6) is 0 Å². The van der Waals surface area contributed by atoms with E-state index < -0.39 is 29.4 Å². The maximum Gasteiger partial charge on any atom is 0.333 e. The fourth-order valence-corrected chi connectivity index (χ4v) is 3.03. The lowest BCUT2D eigenvalue weighted by atomic mass is 9.61. The van der Waals surface area contributed by atoms with E-state index in [-0.39, 0.29) is 61.6 Å². The first-order valence-electron chi connectivity index (χ1n) is 13.4. The number of hydrogen-bond acceptors (Lipinski definition) is 9. The van der Waals surface area contributed by atoms with Gasteiger partial charge in [0, 0.05) is 5.57 Å². The average molecular weight is 547 g/mol. The molecule has 0 aromatic heterocycles. The molecule has 0 aromatic carbocycles. The van der Waals surface area contributed by atoms with Gasteiger partial charge in [0.15, 0.2) is 0 Å². The van der Waals surface area contributed by atoms with E-state index in [0.717, 1.165) is 0 Å². The first-order valence-corrected chi connectivity index (χ1v) is 13.4. The molecule has 0 heterocycles. The fraction of sp³-hybridized carbons (Fsp3) is 0.793. The van der Waals surface area contributed by atoms with Gasteiger partial charge in [-0.25, -0.2) is 4.79 Å². The molecule has 0 spiro atoms. The number of aliphatic hydroxyl groups is 1. The topological polar surface area (TPSA) is 125 Å². The molecule has 0 aliphatic heterocycles. The normalized spacial score (nSPS) is 13.2. The van der Waals surface area contributed by atoms with Crippen LogP contribution < -0.4 is 0 Å². The number of esters is 4. The van der Waals surface area contributed by atoms with E-state index in [0.29, 0.717) is 6.42 Å². The molecule has 9 heteroatoms. The van der Waals surface area contributed by atoms with Crippen LogP contribution in [0.25, 0.3) is 0 Å². The quantitative estimate of drug-likeness (QED) is 0.139. The van der Waals surface area contributed by atoms with Crippen LogP contribution in [0.3, 0.4) is 0 Å². The van der Waals surface area contributed by atoms with E-state index in [1.807, 2.05) is 55.4 Å². The third kappa shape index (κ3) is 17.9. The highest BCUT2D eigenvalue weighted by Gasteiger charge is 2.47. The van der Waals surface area contributed by atoms with Crippen LogP contribution >= 0.6 is 0 Å². The number of hydrogen-bond donors (Lipinski definition) is 1. The van der Waals surface area contributed by atoms with Crippen LogP contribution in [0.2, 0.25) is 0 Å². The van der Waals surface area contributed by atoms with E-state index in [1.165, 1.54) is 6.92 Å². The van der Waals surface area contributed by atoms with E-state index in [1.54, 1.807) is 0 Å². The molecule has 38 heavy (non-hydrogen) atoms. The number of rotatable bonds is 13. The van der Waals surface area contributed by atoms with Crippen molar-refractivity contribution in [1.29, 1.82) is 0 Å². The van der Waals surface area contributed by atoms with Gasteiger partial charge in [0.2, 0.25) is 0 Å². The van der Waals surface area contributed by atoms with Crippen molar-refractivity contribution in [1.82, 2.24) is 0 Å². The highest BCUT2D eigenvalue weighted by molar-refractivity contribution is 5.86. The van der Waals surface area contributed by atoms with Crippen molar-refractivity contribution < 1.29 is 43.2 Å². The Morgan fingerprint density at radius 1 is 0.737 bits per heavy atom. The molecule has 0 radical (unpaired) electrons. The van der Waals surface area contributed by atoms with E-state index >= 15 is 0 Å². The SMILES string of the molecule is C=C(C)C(=O)OCC(O)COC(=O)CCC(=O)OCCOC(=O)C(C)(CC(C)(C)C)C(C)(C)C.CC.CC. The van der Waals surface area contributed by atoms with Gasteiger partial charge in [-0.15, -0.1) is 0 Å². The third-order valence-corrected chi connectivity index (χ3v) is 5.29. The minimum atomic E-state index is -1.19. The van der Waals surface area contributed by atoms with Crippen LogP contribution in [-0.4, -0.2) is 61.5 Å². The van der Waals surface area contributed by atoms with Crippen molar-refractivity contribution in [3.8, 4) is 0 Å². The van der Waals surface area contributed by atoms with Gasteiger partial charge >= 0.3 is 23.9 Å². The molecular weight excluding hydrogens is 492 g/mol. The summed E-state index contributed by atoms with van der Waals surface area (Å²) in [4.78, 5) is 47.6. The Hall–Kier alpha value is -2.42. The molecule has 0 saturated carbocycles. The predicted octanol–water partition coefficient (Wildman–Crippen LogP) is 5.42. The summed E-state index contributed by atoms with van der Waals surface area (Å²) >= 11 is 0. The zero-order chi connectivity index (χ0) is 30.7. The molecule has 0 rings (SSSR count). The average Bonchev–Trinajstić information content (AvgIpc) is 2.82. The minimum absolute atomic E-state index is 0.0761. The van der Waals surface area contributed by atoms with Gasteiger partial charge in [-0.3, -0.25) is 14.4 Å². The second-order valence-electron chi connectivity index (χ2n) is 10.9. The van der Waals surface area contributed by atoms with Crippen molar-refractivity contribution >= 4 is 23.9 Å². The second kappa shape index (κ2) is 19.6. The van der Waals surface area contributed by atoms with E-state index in [9.17, 15) is 24.3 Å². The van der Waals surface area contributed by atoms with Crippen LogP contribution in [-0.2, 0) is 38.1 Å². The van der Waals surface area contributed by atoms with E-state index in [2.05, 4.69) is 27.4 Å². The third-order valence-electron chi connectivity index (χ3n) is 5.29. The van der Waals surface area contributed by atoms with Gasteiger partial charge in [-0.05, 0) is 31.1 Å². The molecule has 0 saturated heterocycles. The zero-order valence-electron chi connectivity index (χ0n) is 25.9. The van der Waals surface area contributed by atoms with Gasteiger partial charge in [0.1, 0.15) is 32.5 Å². The number of ether oxygens (including phenoxy) is 4. The summed E-state index contributed by atoms with van der Waals surface area (Å²) in [6.45, 7) is 26.0. The second-order valence-corrected chi connectivity index (χ2v) is 10.9. The van der Waals surface area contributed by atoms with Gasteiger partial charge < -0.3 is 24.1 Å². The largest absolute Gasteiger partial charge is 0.463 e. The lowest BCUT2D eigenvalue weighted by Gasteiger charge is -2.43. The summed E-state index contributed by atoms with van der Waals surface area (Å²) in [5.74, 6) is -2.35. The van der Waals surface area contributed by atoms with Crippen LogP contribution in [0, 0.1) is 16.2 Å². The number of aliphatic hydroxyl groups excluding tert-OH is 1. The first kappa shape index (κ1) is 40.1. The molecule has 224 valence electrons. The van der Waals surface area contributed by atoms with Gasteiger partial charge in [0.25, 0.3) is 0 Å². The number of carbonyl (C=O) groups excluding carboxylic acids is 4. The Balaban J connectivity index is -0.00000291. The summed E-state index contributed by atoms with van der Waals surface area (Å²) < 4.78 is 20.0. The zero-order valence-corrected chi connectivity index (χ0v) is 25.9. The maximum absolute atomic E-state index is 12.8. The van der Waals surface area contributed by atoms with Crippen molar-refractivity contribution in [2.24, 2.45) is 16.2 Å². The predicted molar refractivity (Wildman–Crippen MR) is 148 cm³/mol. The molecular formula is C29H54O9. The molecule has 1 N–H and O–H groups in total. The summed E-state index contributed by atoms with van der Waals surface area (Å²) in [5.41, 5.74) is -0.931. The molecule has 0 aliphatic carbocycles. The molecule has 0 fully saturated rings. The Morgan fingerprint density at radius 3 is 1.58 bits per heavy atom. The van der Waals surface area contributed by atoms with Crippen molar-refractivity contribution in [3.05, 3.63) is 12.2 Å². The summed E-state index contributed by atoms with van der Waals surface area (Å²) in [5, 5.41) is 9.65. The Kier molecular flexibility index (Phi) is 20.7. The van der Waals surface area contributed by atoms with Crippen molar-refractivity contribution in [2.45, 2.75) is 108 Å². The summed E-state index contributed by atoms with van der Waals surface area (Å²) in [7, 11) is 0. The maximum atomic E-state index is 12.8. The lowest BCUT2D eigenvalue weighted by molar-refractivity contribution is -0.168. The van der Waals surface area contributed by atoms with Crippen molar-refractivity contribution in [2.75, 3.05) is 26.4 Å². The molecule has 0 bridgehead atoms. The highest BCUT2D eigenvalue weighted by atomic mass is 16.6. The number of carbonyl (C=O) groups is 4. The molecule has 2 unspecified atom stereocenters. The Labute approximate surface area is 230 Å². The standard InChI is InChI=1S/C25H42O9.2C2H6/c1-17(2)21(29)34-15-18(26)14-33-20(28)11-10-19(27)31-12-13-32-22(30)25(9,24(6,7)8)16-23(3,4)5;2*1-2/h18,26H,1,10-16H2,2-9H3;2*1-2H3. The Morgan fingerprint density at radius 2 is 1.16 bits per heavy atom. The van der Waals surface area contributed by atoms with Crippen LogP contribution in [0.15, 0.2) is 12.2 Å². The molecule has 0 aliphatic rings. The first-order chi connectivity index (χ1) is 17.4. The molecule has 2 atom stereocenters. The van der Waals surface area contributed by atoms with Gasteiger partial charge in [0.05, 0.1) is 18.3 Å². The fourth-order valence-electron chi connectivity index (χ4n) is 3.03. The van der Waals surface area contributed by atoms with Gasteiger partial charge in [-0.2, -0.15) is 0 Å². The summed E-state index contributed by atoms with van der Waals surface area (Å²) in [6.07, 6.45) is -1.03. The molecule has 0 amide bonds. The Bertz CT molecular complexity index is 729. The van der Waals surface area contributed by atoms with Crippen molar-refractivity contribution in [3.63, 3.8) is 0 Å². The highest BCUT2D eigenvalue weighted by Crippen LogP contribution is 2.47. The van der Waals surface area contributed by atoms with Gasteiger partial charge in [-0.1, -0.05) is 75.8 Å². The molecule has 0 aromatic rings. The smallest absolute Gasteiger partial charge is 0.333 e. The lowest BCUT2D eigenvalue weighted by Crippen LogP contribution is -2.44.